The van der Waals surface area contributed by atoms with Crippen molar-refractivity contribution < 1.29 is 15.0 Å². The van der Waals surface area contributed by atoms with Crippen LogP contribution in [-0.4, -0.2) is 21.2 Å². The van der Waals surface area contributed by atoms with Crippen LogP contribution in [0.5, 0.6) is 5.75 Å². The number of rotatable bonds is 4. The Morgan fingerprint density at radius 3 is 2.41 bits per heavy atom. The summed E-state index contributed by atoms with van der Waals surface area (Å²) in [5.74, 6) is -0.901. The van der Waals surface area contributed by atoms with Crippen LogP contribution in [-0.2, 0) is 5.41 Å². The van der Waals surface area contributed by atoms with Gasteiger partial charge in [-0.15, -0.1) is 0 Å². The van der Waals surface area contributed by atoms with E-state index in [1.54, 1.807) is 6.07 Å². The molecule has 2 saturated carbocycles. The molecular weight excluding hydrogens is 362 g/mol. The van der Waals surface area contributed by atoms with Gasteiger partial charge >= 0.3 is 5.97 Å². The molecule has 3 aromatic rings. The van der Waals surface area contributed by atoms with Crippen LogP contribution in [0.2, 0.25) is 5.02 Å². The van der Waals surface area contributed by atoms with Crippen LogP contribution >= 0.6 is 11.6 Å². The molecule has 1 heterocycles. The van der Waals surface area contributed by atoms with Crippen molar-refractivity contribution in [1.82, 2.24) is 4.98 Å². The van der Waals surface area contributed by atoms with Gasteiger partial charge in [0.1, 0.15) is 5.56 Å². The van der Waals surface area contributed by atoms with Crippen molar-refractivity contribution in [2.24, 2.45) is 0 Å². The second-order valence-corrected chi connectivity index (χ2v) is 8.03. The highest BCUT2D eigenvalue weighted by atomic mass is 35.5. The number of aromatic nitrogens is 1. The number of fused-ring (bicyclic) bond motifs is 1. The Morgan fingerprint density at radius 1 is 1.11 bits per heavy atom. The van der Waals surface area contributed by atoms with E-state index < -0.39 is 11.4 Å². The van der Waals surface area contributed by atoms with Crippen LogP contribution < -0.4 is 0 Å². The SMILES string of the molecule is O=C(O)c1c(O)c(C2(c3ccc(Cl)cc3)CC2)nc2c(C3CC3)cccc12. The standard InChI is InChI=1S/C22H18ClNO3/c23-14-8-6-13(7-9-14)22(10-11-22)20-19(25)17(21(26)27)16-3-1-2-15(12-4-5-12)18(16)24-20/h1-3,6-9,12,25H,4-5,10-11H2,(H,26,27). The second kappa shape index (κ2) is 5.70. The summed E-state index contributed by atoms with van der Waals surface area (Å²) >= 11 is 6.02. The van der Waals surface area contributed by atoms with Crippen molar-refractivity contribution in [2.45, 2.75) is 37.0 Å². The van der Waals surface area contributed by atoms with Crippen LogP contribution in [0.15, 0.2) is 42.5 Å². The Hall–Kier alpha value is -2.59. The molecule has 2 N–H and O–H groups in total. The zero-order valence-electron chi connectivity index (χ0n) is 14.6. The quantitative estimate of drug-likeness (QED) is 0.649. The van der Waals surface area contributed by atoms with Crippen LogP contribution in [0, 0.1) is 0 Å². The van der Waals surface area contributed by atoms with Crippen molar-refractivity contribution >= 4 is 28.5 Å². The van der Waals surface area contributed by atoms with Crippen LogP contribution in [0.3, 0.4) is 0 Å². The van der Waals surface area contributed by atoms with Crippen molar-refractivity contribution in [3.63, 3.8) is 0 Å². The molecule has 0 bridgehead atoms. The van der Waals surface area contributed by atoms with Gasteiger partial charge in [0, 0.05) is 15.8 Å². The summed E-state index contributed by atoms with van der Waals surface area (Å²) in [6.45, 7) is 0. The minimum absolute atomic E-state index is 0.0438. The highest BCUT2D eigenvalue weighted by molar-refractivity contribution is 6.30. The highest BCUT2D eigenvalue weighted by Gasteiger charge is 2.50. The number of benzene rings is 2. The summed E-state index contributed by atoms with van der Waals surface area (Å²) in [5, 5.41) is 21.9. The maximum Gasteiger partial charge on any atom is 0.340 e. The Balaban J connectivity index is 1.80. The lowest BCUT2D eigenvalue weighted by molar-refractivity contribution is 0.0695. The number of carboxylic acid groups (broad SMARTS) is 1. The maximum absolute atomic E-state index is 12.0. The Kier molecular flexibility index (Phi) is 3.50. The minimum atomic E-state index is -1.12. The molecular formula is C22H18ClNO3. The van der Waals surface area contributed by atoms with Crippen molar-refractivity contribution in [2.75, 3.05) is 0 Å². The van der Waals surface area contributed by atoms with E-state index in [1.807, 2.05) is 36.4 Å². The summed E-state index contributed by atoms with van der Waals surface area (Å²) in [5.41, 5.74) is 2.80. The fourth-order valence-corrected chi connectivity index (χ4v) is 4.25. The molecule has 0 atom stereocenters. The molecule has 5 rings (SSSR count). The van der Waals surface area contributed by atoms with Gasteiger partial charge in [0.05, 0.1) is 11.2 Å². The normalized spacial score (nSPS) is 17.8. The lowest BCUT2D eigenvalue weighted by atomic mass is 9.88. The number of pyridine rings is 1. The number of hydrogen-bond acceptors (Lipinski definition) is 3. The molecule has 136 valence electrons. The molecule has 0 spiro atoms. The first kappa shape index (κ1) is 16.6. The van der Waals surface area contributed by atoms with E-state index >= 15 is 0 Å². The summed E-state index contributed by atoms with van der Waals surface area (Å²) in [7, 11) is 0. The molecule has 0 aliphatic heterocycles. The molecule has 2 aliphatic rings. The van der Waals surface area contributed by atoms with Crippen molar-refractivity contribution in [1.29, 1.82) is 0 Å². The third-order valence-electron chi connectivity index (χ3n) is 5.85. The largest absolute Gasteiger partial charge is 0.505 e. The van der Waals surface area contributed by atoms with Gasteiger partial charge < -0.3 is 10.2 Å². The maximum atomic E-state index is 12.0. The summed E-state index contributed by atoms with van der Waals surface area (Å²) in [6, 6.07) is 13.1. The number of halogens is 1. The zero-order chi connectivity index (χ0) is 18.8. The molecule has 2 fully saturated rings. The Morgan fingerprint density at radius 2 is 1.81 bits per heavy atom. The van der Waals surface area contributed by atoms with Gasteiger partial charge in [0.25, 0.3) is 0 Å². The molecule has 4 nitrogen and oxygen atoms in total. The Labute approximate surface area is 161 Å². The monoisotopic (exact) mass is 379 g/mol. The number of nitrogens with zero attached hydrogens (tertiary/aromatic N) is 1. The number of hydrogen-bond donors (Lipinski definition) is 2. The topological polar surface area (TPSA) is 70.4 Å². The van der Waals surface area contributed by atoms with Crippen molar-refractivity contribution in [3.05, 3.63) is 69.9 Å². The number of carbonyl (C=O) groups is 1. The highest BCUT2D eigenvalue weighted by Crippen LogP contribution is 2.56. The van der Waals surface area contributed by atoms with E-state index in [1.165, 1.54) is 0 Å². The number of carboxylic acids is 1. The first-order chi connectivity index (χ1) is 13.0. The molecule has 5 heteroatoms. The average molecular weight is 380 g/mol. The van der Waals surface area contributed by atoms with E-state index in [0.29, 0.717) is 27.5 Å². The van der Waals surface area contributed by atoms with E-state index in [0.717, 1.165) is 36.8 Å². The molecule has 0 amide bonds. The fraction of sp³-hybridized carbons (Fsp3) is 0.273. The number of para-hydroxylation sites is 1. The molecule has 0 radical (unpaired) electrons. The smallest absolute Gasteiger partial charge is 0.340 e. The van der Waals surface area contributed by atoms with E-state index in [2.05, 4.69) is 0 Å². The number of aromatic hydroxyl groups is 1. The average Bonchev–Trinajstić information content (AvgIpc) is 3.54. The minimum Gasteiger partial charge on any atom is -0.505 e. The van der Waals surface area contributed by atoms with Gasteiger partial charge in [-0.25, -0.2) is 9.78 Å². The molecule has 27 heavy (non-hydrogen) atoms. The van der Waals surface area contributed by atoms with Crippen LogP contribution in [0.1, 0.15) is 58.8 Å². The van der Waals surface area contributed by atoms with E-state index in [9.17, 15) is 15.0 Å². The molecule has 2 aliphatic carbocycles. The predicted molar refractivity (Wildman–Crippen MR) is 104 cm³/mol. The summed E-state index contributed by atoms with van der Waals surface area (Å²) in [6.07, 6.45) is 3.85. The molecule has 2 aromatic carbocycles. The predicted octanol–water partition coefficient (Wildman–Crippen LogP) is 5.25. The molecule has 0 unspecified atom stereocenters. The van der Waals surface area contributed by atoms with Crippen molar-refractivity contribution in [3.8, 4) is 5.75 Å². The lowest BCUT2D eigenvalue weighted by Crippen LogP contribution is -2.14. The first-order valence-corrected chi connectivity index (χ1v) is 9.54. The summed E-state index contributed by atoms with van der Waals surface area (Å²) in [4.78, 5) is 16.9. The first-order valence-electron chi connectivity index (χ1n) is 9.17. The third kappa shape index (κ3) is 2.51. The Bertz CT molecular complexity index is 1080. The van der Waals surface area contributed by atoms with Gasteiger partial charge in [-0.1, -0.05) is 41.9 Å². The molecule has 1 aromatic heterocycles. The van der Waals surface area contributed by atoms with Gasteiger partial charge in [0.15, 0.2) is 5.75 Å². The number of aromatic carboxylic acids is 1. The lowest BCUT2D eigenvalue weighted by Gasteiger charge is -2.20. The van der Waals surface area contributed by atoms with Gasteiger partial charge in [-0.3, -0.25) is 0 Å². The summed E-state index contributed by atoms with van der Waals surface area (Å²) < 4.78 is 0. The van der Waals surface area contributed by atoms with Gasteiger partial charge in [-0.05, 0) is 54.9 Å². The van der Waals surface area contributed by atoms with Gasteiger partial charge in [-0.2, -0.15) is 0 Å². The molecule has 0 saturated heterocycles. The fourth-order valence-electron chi connectivity index (χ4n) is 4.13. The van der Waals surface area contributed by atoms with Crippen LogP contribution in [0.4, 0.5) is 0 Å². The van der Waals surface area contributed by atoms with E-state index in [4.69, 9.17) is 16.6 Å². The second-order valence-electron chi connectivity index (χ2n) is 7.60. The van der Waals surface area contributed by atoms with Gasteiger partial charge in [0.2, 0.25) is 0 Å². The zero-order valence-corrected chi connectivity index (χ0v) is 15.3. The van der Waals surface area contributed by atoms with E-state index in [-0.39, 0.29) is 11.3 Å². The third-order valence-corrected chi connectivity index (χ3v) is 6.10. The van der Waals surface area contributed by atoms with Crippen LogP contribution in [0.25, 0.3) is 10.9 Å².